The molecule has 0 aromatic carbocycles. The first-order valence-corrected chi connectivity index (χ1v) is 6.15. The largest absolute Gasteiger partial charge is 0.305 e. The Morgan fingerprint density at radius 3 is 2.35 bits per heavy atom. The normalized spacial score (nSPS) is 14.3. The van der Waals surface area contributed by atoms with Crippen LogP contribution in [0.1, 0.15) is 24.2 Å². The first kappa shape index (κ1) is 13.7. The number of nitrogens with zero attached hydrogens (tertiary/aromatic N) is 1. The predicted octanol–water partition coefficient (Wildman–Crippen LogP) is 1.68. The third-order valence-electron chi connectivity index (χ3n) is 2.85. The summed E-state index contributed by atoms with van der Waals surface area (Å²) in [5.41, 5.74) is 7.98. The lowest BCUT2D eigenvalue weighted by atomic mass is 9.96. The van der Waals surface area contributed by atoms with E-state index in [9.17, 15) is 9.59 Å². The molecule has 0 unspecified atom stereocenters. The molecule has 0 saturated carbocycles. The van der Waals surface area contributed by atoms with Crippen LogP contribution in [0.4, 0.5) is 0 Å². The Morgan fingerprint density at radius 1 is 1.15 bits per heavy atom. The Labute approximate surface area is 117 Å². The van der Waals surface area contributed by atoms with Gasteiger partial charge in [0.1, 0.15) is 0 Å². The summed E-state index contributed by atoms with van der Waals surface area (Å²) < 4.78 is 0. The fraction of sp³-hybridized carbons (Fsp3) is 0.133. The summed E-state index contributed by atoms with van der Waals surface area (Å²) >= 11 is 0. The van der Waals surface area contributed by atoms with Crippen molar-refractivity contribution in [3.63, 3.8) is 0 Å². The van der Waals surface area contributed by atoms with E-state index in [1.165, 1.54) is 0 Å². The fourth-order valence-electron chi connectivity index (χ4n) is 1.83. The van der Waals surface area contributed by atoms with Gasteiger partial charge < -0.3 is 5.43 Å². The molecule has 0 aliphatic heterocycles. The number of carbonyl (C=O) groups excluding carboxylic acids is 2. The van der Waals surface area contributed by atoms with Crippen LogP contribution < -0.4 is 10.9 Å². The minimum atomic E-state index is -0.252. The van der Waals surface area contributed by atoms with Crippen LogP contribution in [0.3, 0.4) is 0 Å². The van der Waals surface area contributed by atoms with Crippen LogP contribution in [-0.2, 0) is 4.79 Å². The number of aromatic nitrogens is 1. The minimum absolute atomic E-state index is 0.0444. The summed E-state index contributed by atoms with van der Waals surface area (Å²) in [6.07, 6.45) is 8.27. The molecule has 0 spiro atoms. The van der Waals surface area contributed by atoms with Gasteiger partial charge in [0.2, 0.25) is 0 Å². The second kappa shape index (κ2) is 5.97. The van der Waals surface area contributed by atoms with Crippen LogP contribution in [0.2, 0.25) is 0 Å². The minimum Gasteiger partial charge on any atom is -0.305 e. The fourth-order valence-corrected chi connectivity index (χ4v) is 1.83. The van der Waals surface area contributed by atoms with Gasteiger partial charge in [-0.25, -0.2) is 0 Å². The van der Waals surface area contributed by atoms with Crippen LogP contribution >= 0.6 is 0 Å². The monoisotopic (exact) mass is 269 g/mol. The highest BCUT2D eigenvalue weighted by Crippen LogP contribution is 2.17. The van der Waals surface area contributed by atoms with Crippen molar-refractivity contribution in [2.24, 2.45) is 0 Å². The quantitative estimate of drug-likeness (QED) is 0.819. The van der Waals surface area contributed by atoms with Gasteiger partial charge in [0.05, 0.1) is 0 Å². The lowest BCUT2D eigenvalue weighted by Crippen LogP contribution is -2.33. The number of nitrogens with one attached hydrogen (secondary N) is 2. The molecule has 1 amide bonds. The van der Waals surface area contributed by atoms with E-state index in [1.54, 1.807) is 56.7 Å². The van der Waals surface area contributed by atoms with E-state index in [1.807, 2.05) is 0 Å². The topological polar surface area (TPSA) is 71.1 Å². The van der Waals surface area contributed by atoms with E-state index in [2.05, 4.69) is 15.8 Å². The van der Waals surface area contributed by atoms with Gasteiger partial charge in [-0.3, -0.25) is 20.0 Å². The zero-order valence-electron chi connectivity index (χ0n) is 11.3. The zero-order chi connectivity index (χ0) is 14.5. The maximum atomic E-state index is 11.8. The highest BCUT2D eigenvalue weighted by molar-refractivity contribution is 6.09. The first-order valence-electron chi connectivity index (χ1n) is 6.15. The second-order valence-corrected chi connectivity index (χ2v) is 4.46. The van der Waals surface area contributed by atoms with Crippen LogP contribution in [0.5, 0.6) is 0 Å². The van der Waals surface area contributed by atoms with Crippen molar-refractivity contribution in [3.05, 3.63) is 65.2 Å². The highest BCUT2D eigenvalue weighted by Gasteiger charge is 2.12. The summed E-state index contributed by atoms with van der Waals surface area (Å²) in [4.78, 5) is 27.2. The van der Waals surface area contributed by atoms with Gasteiger partial charge in [0.15, 0.2) is 5.78 Å². The van der Waals surface area contributed by atoms with Gasteiger partial charge in [-0.1, -0.05) is 0 Å². The second-order valence-electron chi connectivity index (χ2n) is 4.46. The number of ketones is 1. The van der Waals surface area contributed by atoms with Crippen molar-refractivity contribution >= 4 is 11.7 Å². The molecule has 1 aliphatic rings. The third kappa shape index (κ3) is 3.20. The summed E-state index contributed by atoms with van der Waals surface area (Å²) in [6.45, 7) is 3.53. The summed E-state index contributed by atoms with van der Waals surface area (Å²) in [5.74, 6) is -0.208. The number of Topliss-reactive ketones (excluding diaryl/α,β-unsaturated/α-hetero) is 1. The molecule has 0 bridgehead atoms. The number of rotatable bonds is 3. The van der Waals surface area contributed by atoms with E-state index >= 15 is 0 Å². The molecule has 0 atom stereocenters. The van der Waals surface area contributed by atoms with E-state index in [4.69, 9.17) is 0 Å². The standard InChI is InChI=1S/C15H15N3O2/c1-10-7-12(8-11(2)14(10)19)9-17-18-15(20)13-3-5-16-6-4-13/h3-9,17H,1-2H3,(H,18,20). The van der Waals surface area contributed by atoms with Crippen LogP contribution in [0.15, 0.2) is 59.6 Å². The Morgan fingerprint density at radius 2 is 1.75 bits per heavy atom. The number of hydrazine groups is 1. The van der Waals surface area contributed by atoms with E-state index in [0.717, 1.165) is 5.57 Å². The van der Waals surface area contributed by atoms with Crippen molar-refractivity contribution in [3.8, 4) is 0 Å². The predicted molar refractivity (Wildman–Crippen MR) is 75.4 cm³/mol. The maximum absolute atomic E-state index is 11.8. The smallest absolute Gasteiger partial charge is 0.269 e. The van der Waals surface area contributed by atoms with Gasteiger partial charge in [0, 0.05) is 24.2 Å². The lowest BCUT2D eigenvalue weighted by Gasteiger charge is -2.10. The molecule has 1 aliphatic carbocycles. The molecule has 1 heterocycles. The molecule has 1 aromatic rings. The molecule has 2 N–H and O–H groups in total. The molecule has 102 valence electrons. The van der Waals surface area contributed by atoms with Crippen LogP contribution in [0, 0.1) is 0 Å². The molecular weight excluding hydrogens is 254 g/mol. The molecule has 0 radical (unpaired) electrons. The van der Waals surface area contributed by atoms with Crippen LogP contribution in [0.25, 0.3) is 0 Å². The molecule has 2 rings (SSSR count). The summed E-state index contributed by atoms with van der Waals surface area (Å²) in [5, 5.41) is 0. The maximum Gasteiger partial charge on any atom is 0.269 e. The number of amides is 1. The van der Waals surface area contributed by atoms with E-state index < -0.39 is 0 Å². The SMILES string of the molecule is CC1=CC(=CNNC(=O)c2ccncc2)C=C(C)C1=O. The van der Waals surface area contributed by atoms with Crippen LogP contribution in [-0.4, -0.2) is 16.7 Å². The van der Waals surface area contributed by atoms with Gasteiger partial charge in [-0.15, -0.1) is 0 Å². The van der Waals surface area contributed by atoms with Crippen molar-refractivity contribution in [1.82, 2.24) is 15.8 Å². The number of allylic oxidation sites excluding steroid dienone is 5. The average Bonchev–Trinajstić information content (AvgIpc) is 2.45. The van der Waals surface area contributed by atoms with Crippen molar-refractivity contribution in [1.29, 1.82) is 0 Å². The Balaban J connectivity index is 1.98. The Bertz CT molecular complexity index is 604. The van der Waals surface area contributed by atoms with Gasteiger partial charge >= 0.3 is 0 Å². The third-order valence-corrected chi connectivity index (χ3v) is 2.85. The molecule has 0 saturated heterocycles. The summed E-state index contributed by atoms with van der Waals surface area (Å²) in [6, 6.07) is 3.25. The molecule has 5 nitrogen and oxygen atoms in total. The Kier molecular flexibility index (Phi) is 4.10. The number of hydrogen-bond donors (Lipinski definition) is 2. The van der Waals surface area contributed by atoms with Crippen molar-refractivity contribution < 1.29 is 9.59 Å². The molecule has 20 heavy (non-hydrogen) atoms. The van der Waals surface area contributed by atoms with Gasteiger partial charge in [-0.2, -0.15) is 0 Å². The molecule has 0 fully saturated rings. The summed E-state index contributed by atoms with van der Waals surface area (Å²) in [7, 11) is 0. The van der Waals surface area contributed by atoms with E-state index in [0.29, 0.717) is 16.7 Å². The van der Waals surface area contributed by atoms with E-state index in [-0.39, 0.29) is 11.7 Å². The lowest BCUT2D eigenvalue weighted by molar-refractivity contribution is -0.112. The zero-order valence-corrected chi connectivity index (χ0v) is 11.3. The molecular formula is C15H15N3O2. The first-order chi connectivity index (χ1) is 9.58. The van der Waals surface area contributed by atoms with Gasteiger partial charge in [0.25, 0.3) is 5.91 Å². The number of hydrogen-bond acceptors (Lipinski definition) is 4. The van der Waals surface area contributed by atoms with Crippen molar-refractivity contribution in [2.75, 3.05) is 0 Å². The van der Waals surface area contributed by atoms with Crippen molar-refractivity contribution in [2.45, 2.75) is 13.8 Å². The molecule has 1 aromatic heterocycles. The average molecular weight is 269 g/mol. The number of carbonyl (C=O) groups is 2. The highest BCUT2D eigenvalue weighted by atomic mass is 16.2. The number of pyridine rings is 1. The van der Waals surface area contributed by atoms with Gasteiger partial charge in [-0.05, 0) is 54.9 Å². The molecule has 5 heteroatoms. The Hall–Kier alpha value is -2.69.